The van der Waals surface area contributed by atoms with E-state index >= 15 is 0 Å². The van der Waals surface area contributed by atoms with E-state index in [0.717, 1.165) is 24.1 Å². The van der Waals surface area contributed by atoms with Gasteiger partial charge in [-0.25, -0.2) is 0 Å². The van der Waals surface area contributed by atoms with E-state index in [0.29, 0.717) is 12.2 Å². The summed E-state index contributed by atoms with van der Waals surface area (Å²) in [6.07, 6.45) is 3.15. The van der Waals surface area contributed by atoms with E-state index in [2.05, 4.69) is 5.32 Å². The number of benzene rings is 2. The van der Waals surface area contributed by atoms with Crippen molar-refractivity contribution in [2.24, 2.45) is 0 Å². The Balaban J connectivity index is 1.42. The van der Waals surface area contributed by atoms with Crippen molar-refractivity contribution in [2.45, 2.75) is 52.4 Å². The average Bonchev–Trinajstić information content (AvgIpc) is 3.19. The van der Waals surface area contributed by atoms with E-state index in [1.165, 1.54) is 26.8 Å². The lowest BCUT2D eigenvalue weighted by molar-refractivity contribution is -0.123. The van der Waals surface area contributed by atoms with E-state index in [4.69, 9.17) is 4.74 Å². The molecule has 1 aliphatic carbocycles. The van der Waals surface area contributed by atoms with Crippen molar-refractivity contribution in [1.82, 2.24) is 5.32 Å². The van der Waals surface area contributed by atoms with Crippen molar-refractivity contribution < 1.29 is 34.1 Å². The molecule has 9 heteroatoms. The first-order chi connectivity index (χ1) is 18.5. The number of hydrogen-bond acceptors (Lipinski definition) is 8. The summed E-state index contributed by atoms with van der Waals surface area (Å²) in [5.74, 6) is -2.73. The monoisotopic (exact) mass is 530 g/mol. The molecule has 0 fully saturated rings. The maximum absolute atomic E-state index is 13.9. The molecule has 2 aromatic carbocycles. The molecule has 0 saturated carbocycles. The van der Waals surface area contributed by atoms with Crippen LogP contribution in [0.1, 0.15) is 60.7 Å². The minimum atomic E-state index is -1.58. The molecule has 3 aliphatic rings. The molecule has 2 heterocycles. The zero-order chi connectivity index (χ0) is 28.2. The summed E-state index contributed by atoms with van der Waals surface area (Å²) in [5, 5.41) is 24.5. The Morgan fingerprint density at radius 1 is 1.13 bits per heavy atom. The van der Waals surface area contributed by atoms with Gasteiger partial charge in [0, 0.05) is 42.5 Å². The van der Waals surface area contributed by atoms with Gasteiger partial charge < -0.3 is 25.2 Å². The summed E-state index contributed by atoms with van der Waals surface area (Å²) in [6, 6.07) is 7.83. The first-order valence-corrected chi connectivity index (χ1v) is 12.9. The van der Waals surface area contributed by atoms with E-state index in [1.54, 1.807) is 11.8 Å². The van der Waals surface area contributed by atoms with Crippen LogP contribution in [0.25, 0.3) is 0 Å². The van der Waals surface area contributed by atoms with Crippen LogP contribution in [0.3, 0.4) is 0 Å². The quantitative estimate of drug-likeness (QED) is 0.304. The summed E-state index contributed by atoms with van der Waals surface area (Å²) < 4.78 is 5.79. The second-order valence-corrected chi connectivity index (χ2v) is 10.3. The van der Waals surface area contributed by atoms with E-state index < -0.39 is 28.5 Å². The Bertz CT molecular complexity index is 1530. The molecule has 3 N–H and O–H groups in total. The number of anilines is 1. The van der Waals surface area contributed by atoms with E-state index in [-0.39, 0.29) is 58.4 Å². The Morgan fingerprint density at radius 2 is 1.85 bits per heavy atom. The van der Waals surface area contributed by atoms with Gasteiger partial charge in [0.2, 0.25) is 5.91 Å². The van der Waals surface area contributed by atoms with Gasteiger partial charge >= 0.3 is 0 Å². The smallest absolute Gasteiger partial charge is 0.228 e. The summed E-state index contributed by atoms with van der Waals surface area (Å²) in [6.45, 7) is 6.63. The van der Waals surface area contributed by atoms with Crippen LogP contribution in [0.15, 0.2) is 47.4 Å². The Kier molecular flexibility index (Phi) is 6.33. The lowest BCUT2D eigenvalue weighted by atomic mass is 9.70. The number of rotatable bonds is 5. The molecule has 9 nitrogen and oxygen atoms in total. The zero-order valence-electron chi connectivity index (χ0n) is 22.3. The number of amides is 1. The van der Waals surface area contributed by atoms with Gasteiger partial charge in [-0.3, -0.25) is 19.2 Å². The average molecular weight is 531 g/mol. The highest BCUT2D eigenvalue weighted by molar-refractivity contribution is 6.31. The van der Waals surface area contributed by atoms with Crippen LogP contribution in [0.2, 0.25) is 0 Å². The van der Waals surface area contributed by atoms with Gasteiger partial charge in [0.25, 0.3) is 0 Å². The van der Waals surface area contributed by atoms with Gasteiger partial charge in [0.1, 0.15) is 34.0 Å². The highest BCUT2D eigenvalue weighted by Crippen LogP contribution is 2.57. The summed E-state index contributed by atoms with van der Waals surface area (Å²) >= 11 is 0. The van der Waals surface area contributed by atoms with Crippen LogP contribution in [0.4, 0.5) is 5.69 Å². The lowest BCUT2D eigenvalue weighted by Gasteiger charge is -2.30. The number of para-hydroxylation sites is 1. The fraction of sp³-hybridized carbons (Fsp3) is 0.333. The lowest BCUT2D eigenvalue weighted by Crippen LogP contribution is -2.41. The topological polar surface area (TPSA) is 133 Å². The third-order valence-electron chi connectivity index (χ3n) is 7.90. The molecule has 0 spiro atoms. The minimum Gasteiger partial charge on any atom is -0.507 e. The SMILES string of the molecule is CC(=O)c1c(O)c(C)c(O)c2c1OC1=CC(=O)/C(=C(/C)NCCC(=O)N3CCCc4ccccc43)C(=O)[C@@]12C. The number of hydrogen-bond donors (Lipinski definition) is 3. The molecule has 39 heavy (non-hydrogen) atoms. The van der Waals surface area contributed by atoms with Crippen LogP contribution >= 0.6 is 0 Å². The number of nitrogens with zero attached hydrogens (tertiary/aromatic N) is 1. The second-order valence-electron chi connectivity index (χ2n) is 10.3. The largest absolute Gasteiger partial charge is 0.507 e. The van der Waals surface area contributed by atoms with Crippen LogP contribution < -0.4 is 15.0 Å². The highest BCUT2D eigenvalue weighted by atomic mass is 16.5. The number of aryl methyl sites for hydroxylation is 1. The summed E-state index contributed by atoms with van der Waals surface area (Å²) in [5.41, 5.74) is 0.557. The number of fused-ring (bicyclic) bond motifs is 4. The number of Topliss-reactive ketones (excluding diaryl/α,β-unsaturated/α-hetero) is 2. The number of ether oxygens (including phenoxy) is 1. The zero-order valence-corrected chi connectivity index (χ0v) is 22.3. The van der Waals surface area contributed by atoms with Crippen molar-refractivity contribution in [1.29, 1.82) is 0 Å². The molecule has 2 aliphatic heterocycles. The standard InChI is InChI=1S/C30H30N2O7/c1-15-26(36)24(17(3)33)28-25(27(15)37)30(4)21(39-28)14-20(34)23(29(30)38)16(2)31-12-11-22(35)32-13-7-9-18-8-5-6-10-19(18)32/h5-6,8,10,14,31,36-37H,7,9,11-13H2,1-4H3/b23-16+/t30-/m0/s1. The van der Waals surface area contributed by atoms with Crippen molar-refractivity contribution >= 4 is 28.9 Å². The molecule has 2 aromatic rings. The molecule has 1 amide bonds. The maximum atomic E-state index is 13.9. The van der Waals surface area contributed by atoms with Crippen molar-refractivity contribution in [2.75, 3.05) is 18.0 Å². The van der Waals surface area contributed by atoms with Gasteiger partial charge in [-0.1, -0.05) is 18.2 Å². The number of ketones is 3. The van der Waals surface area contributed by atoms with Crippen LogP contribution in [-0.2, 0) is 26.2 Å². The third-order valence-corrected chi connectivity index (χ3v) is 7.90. The second kappa shape index (κ2) is 9.41. The maximum Gasteiger partial charge on any atom is 0.228 e. The fourth-order valence-electron chi connectivity index (χ4n) is 5.74. The molecule has 202 valence electrons. The predicted octanol–water partition coefficient (Wildman–Crippen LogP) is 3.53. The molecule has 5 rings (SSSR count). The molecule has 0 saturated heterocycles. The Hall–Kier alpha value is -4.40. The number of phenolic OH excluding ortho intramolecular Hbond substituents is 2. The minimum absolute atomic E-state index is 0.0224. The molecular formula is C30H30N2O7. The van der Waals surface area contributed by atoms with Crippen molar-refractivity contribution in [3.05, 3.63) is 69.6 Å². The molecule has 0 unspecified atom stereocenters. The first-order valence-electron chi connectivity index (χ1n) is 12.9. The summed E-state index contributed by atoms with van der Waals surface area (Å²) in [4.78, 5) is 54.1. The molecular weight excluding hydrogens is 500 g/mol. The van der Waals surface area contributed by atoms with Gasteiger partial charge in [0.15, 0.2) is 17.3 Å². The number of carbonyl (C=O) groups is 4. The van der Waals surface area contributed by atoms with Gasteiger partial charge in [-0.2, -0.15) is 0 Å². The van der Waals surface area contributed by atoms with E-state index in [1.807, 2.05) is 24.3 Å². The number of phenols is 2. The Morgan fingerprint density at radius 3 is 2.56 bits per heavy atom. The van der Waals surface area contributed by atoms with Crippen LogP contribution in [0.5, 0.6) is 17.2 Å². The summed E-state index contributed by atoms with van der Waals surface area (Å²) in [7, 11) is 0. The predicted molar refractivity (Wildman–Crippen MR) is 143 cm³/mol. The number of carbonyl (C=O) groups excluding carboxylic acids is 4. The number of nitrogens with one attached hydrogen (secondary N) is 1. The van der Waals surface area contributed by atoms with Crippen molar-refractivity contribution in [3.63, 3.8) is 0 Å². The molecule has 1 atom stereocenters. The Labute approximate surface area is 225 Å². The number of aromatic hydroxyl groups is 2. The normalized spacial score (nSPS) is 20.9. The van der Waals surface area contributed by atoms with Crippen molar-refractivity contribution in [3.8, 4) is 17.2 Å². The highest BCUT2D eigenvalue weighted by Gasteiger charge is 2.56. The van der Waals surface area contributed by atoms with Gasteiger partial charge in [0.05, 0.1) is 11.1 Å². The van der Waals surface area contributed by atoms with Gasteiger partial charge in [-0.15, -0.1) is 0 Å². The number of allylic oxidation sites excluding steroid dienone is 4. The third kappa shape index (κ3) is 3.91. The molecule has 0 radical (unpaired) electrons. The first kappa shape index (κ1) is 26.2. The molecule has 0 aromatic heterocycles. The fourth-order valence-corrected chi connectivity index (χ4v) is 5.74. The van der Waals surface area contributed by atoms with Crippen LogP contribution in [-0.4, -0.2) is 46.6 Å². The van der Waals surface area contributed by atoms with Gasteiger partial charge in [-0.05, 0) is 52.2 Å². The van der Waals surface area contributed by atoms with E-state index in [9.17, 15) is 29.4 Å². The van der Waals surface area contributed by atoms with Crippen LogP contribution in [0, 0.1) is 6.92 Å². The molecule has 0 bridgehead atoms.